The molecule has 1 aliphatic heterocycles. The molecule has 0 saturated carbocycles. The van der Waals surface area contributed by atoms with Crippen LogP contribution in [0, 0.1) is 0 Å². The van der Waals surface area contributed by atoms with Gasteiger partial charge < -0.3 is 20.9 Å². The van der Waals surface area contributed by atoms with Gasteiger partial charge in [0.2, 0.25) is 11.8 Å². The fraction of sp³-hybridized carbons (Fsp3) is 0.115. The van der Waals surface area contributed by atoms with Gasteiger partial charge in [0.15, 0.2) is 6.61 Å². The molecular formula is C26H21N3O7S. The molecule has 0 spiro atoms. The van der Waals surface area contributed by atoms with E-state index in [-0.39, 0.29) is 35.0 Å². The van der Waals surface area contributed by atoms with Gasteiger partial charge in [-0.25, -0.2) is 14.5 Å². The number of amides is 3. The fourth-order valence-corrected chi connectivity index (χ4v) is 4.73. The molecule has 3 aromatic carbocycles. The summed E-state index contributed by atoms with van der Waals surface area (Å²) in [7, 11) is 0. The molecule has 1 unspecified atom stereocenters. The van der Waals surface area contributed by atoms with E-state index in [9.17, 15) is 24.0 Å². The van der Waals surface area contributed by atoms with E-state index in [1.165, 1.54) is 60.3 Å². The summed E-state index contributed by atoms with van der Waals surface area (Å²) < 4.78 is 5.01. The molecule has 4 rings (SSSR count). The van der Waals surface area contributed by atoms with Gasteiger partial charge in [-0.15, -0.1) is 11.8 Å². The van der Waals surface area contributed by atoms with E-state index in [1.807, 2.05) is 6.07 Å². The number of esters is 1. The summed E-state index contributed by atoms with van der Waals surface area (Å²) in [5, 5.41) is 10.9. The monoisotopic (exact) mass is 519 g/mol. The van der Waals surface area contributed by atoms with Crippen LogP contribution in [-0.4, -0.2) is 46.6 Å². The van der Waals surface area contributed by atoms with Gasteiger partial charge in [0.1, 0.15) is 0 Å². The van der Waals surface area contributed by atoms with Crippen molar-refractivity contribution < 1.29 is 33.8 Å². The highest BCUT2D eigenvalue weighted by molar-refractivity contribution is 8.00. The first-order valence-electron chi connectivity index (χ1n) is 11.0. The molecule has 1 heterocycles. The van der Waals surface area contributed by atoms with Crippen LogP contribution in [0.25, 0.3) is 0 Å². The van der Waals surface area contributed by atoms with Crippen LogP contribution in [-0.2, 0) is 19.1 Å². The number of ether oxygens (including phenoxy) is 1. The first-order valence-corrected chi connectivity index (χ1v) is 11.9. The van der Waals surface area contributed by atoms with Crippen molar-refractivity contribution in [1.29, 1.82) is 0 Å². The van der Waals surface area contributed by atoms with Crippen LogP contribution in [0.3, 0.4) is 0 Å². The lowest BCUT2D eigenvalue weighted by molar-refractivity contribution is -0.121. The van der Waals surface area contributed by atoms with Crippen molar-refractivity contribution in [2.45, 2.75) is 16.6 Å². The molecule has 10 nitrogen and oxygen atoms in total. The van der Waals surface area contributed by atoms with Gasteiger partial charge in [-0.1, -0.05) is 12.1 Å². The number of carboxylic acids is 1. The normalized spacial score (nSPS) is 14.9. The molecule has 0 aliphatic carbocycles. The molecular weight excluding hydrogens is 498 g/mol. The second-order valence-corrected chi connectivity index (χ2v) is 9.28. The minimum Gasteiger partial charge on any atom is -0.478 e. The van der Waals surface area contributed by atoms with E-state index in [2.05, 4.69) is 5.32 Å². The van der Waals surface area contributed by atoms with Gasteiger partial charge in [0, 0.05) is 22.7 Å². The van der Waals surface area contributed by atoms with Crippen molar-refractivity contribution >= 4 is 58.5 Å². The number of benzene rings is 3. The van der Waals surface area contributed by atoms with Crippen molar-refractivity contribution in [2.24, 2.45) is 0 Å². The van der Waals surface area contributed by atoms with Crippen LogP contribution < -0.4 is 16.0 Å². The summed E-state index contributed by atoms with van der Waals surface area (Å²) in [6.45, 7) is -0.593. The Bertz CT molecular complexity index is 1390. The predicted molar refractivity (Wildman–Crippen MR) is 136 cm³/mol. The number of nitrogens with two attached hydrogens (primary N) is 1. The Morgan fingerprint density at radius 3 is 2.43 bits per heavy atom. The summed E-state index contributed by atoms with van der Waals surface area (Å²) in [4.78, 5) is 62.8. The maximum Gasteiger partial charge on any atom is 0.338 e. The highest BCUT2D eigenvalue weighted by Crippen LogP contribution is 2.34. The molecule has 37 heavy (non-hydrogen) atoms. The lowest BCUT2D eigenvalue weighted by Crippen LogP contribution is -2.31. The van der Waals surface area contributed by atoms with E-state index in [0.717, 1.165) is 9.80 Å². The van der Waals surface area contributed by atoms with Crippen molar-refractivity contribution in [2.75, 3.05) is 22.6 Å². The van der Waals surface area contributed by atoms with Crippen LogP contribution in [0.5, 0.6) is 0 Å². The Labute approximate surface area is 215 Å². The number of carbonyl (C=O) groups excluding carboxylic acids is 4. The Kier molecular flexibility index (Phi) is 7.54. The molecule has 4 N–H and O–H groups in total. The van der Waals surface area contributed by atoms with E-state index in [4.69, 9.17) is 15.6 Å². The standard InChI is InChI=1S/C26H21N3O7S/c27-17-4-2-6-20(12-17)37-21-13-23(31)29(24(21)32)19-9-7-15(8-10-19)26(35)36-14-22(30)28-18-5-1-3-16(11-18)25(33)34/h1-12,21H,13-14,27H2,(H,28,30)(H,33,34). The number of nitrogen functional groups attached to an aromatic ring is 1. The average molecular weight is 520 g/mol. The third-order valence-electron chi connectivity index (χ3n) is 5.33. The second kappa shape index (κ2) is 11.0. The molecule has 1 atom stereocenters. The lowest BCUT2D eigenvalue weighted by atomic mass is 10.2. The number of carbonyl (C=O) groups is 5. The zero-order chi connectivity index (χ0) is 26.5. The molecule has 3 amide bonds. The minimum absolute atomic E-state index is 0.000437. The number of thioether (sulfide) groups is 1. The van der Waals surface area contributed by atoms with E-state index in [1.54, 1.807) is 18.2 Å². The number of hydrogen-bond donors (Lipinski definition) is 3. The van der Waals surface area contributed by atoms with E-state index in [0.29, 0.717) is 11.4 Å². The third kappa shape index (κ3) is 6.14. The van der Waals surface area contributed by atoms with Crippen LogP contribution in [0.15, 0.2) is 77.7 Å². The molecule has 1 fully saturated rings. The highest BCUT2D eigenvalue weighted by atomic mass is 32.2. The van der Waals surface area contributed by atoms with E-state index >= 15 is 0 Å². The van der Waals surface area contributed by atoms with Crippen molar-refractivity contribution in [3.05, 3.63) is 83.9 Å². The second-order valence-electron chi connectivity index (χ2n) is 8.01. The number of rotatable bonds is 8. The maximum atomic E-state index is 12.9. The van der Waals surface area contributed by atoms with Crippen molar-refractivity contribution in [3.63, 3.8) is 0 Å². The van der Waals surface area contributed by atoms with Crippen LogP contribution in [0.2, 0.25) is 0 Å². The smallest absolute Gasteiger partial charge is 0.338 e. The molecule has 0 bridgehead atoms. The van der Waals surface area contributed by atoms with Gasteiger partial charge in [0.25, 0.3) is 5.91 Å². The molecule has 3 aromatic rings. The van der Waals surface area contributed by atoms with Crippen LogP contribution in [0.4, 0.5) is 17.1 Å². The van der Waals surface area contributed by atoms with Crippen molar-refractivity contribution in [1.82, 2.24) is 0 Å². The Morgan fingerprint density at radius 2 is 1.73 bits per heavy atom. The zero-order valence-corrected chi connectivity index (χ0v) is 20.1. The van der Waals surface area contributed by atoms with Gasteiger partial charge >= 0.3 is 11.9 Å². The third-order valence-corrected chi connectivity index (χ3v) is 6.51. The summed E-state index contributed by atoms with van der Waals surface area (Å²) in [5.74, 6) is -3.29. The first kappa shape index (κ1) is 25.5. The number of anilines is 3. The summed E-state index contributed by atoms with van der Waals surface area (Å²) in [5.41, 5.74) is 7.03. The minimum atomic E-state index is -1.14. The first-order chi connectivity index (χ1) is 17.7. The Balaban J connectivity index is 1.33. The Morgan fingerprint density at radius 1 is 1.00 bits per heavy atom. The summed E-state index contributed by atoms with van der Waals surface area (Å²) >= 11 is 1.26. The lowest BCUT2D eigenvalue weighted by Gasteiger charge is -2.15. The quantitative estimate of drug-likeness (QED) is 0.231. The maximum absolute atomic E-state index is 12.9. The predicted octanol–water partition coefficient (Wildman–Crippen LogP) is 3.19. The van der Waals surface area contributed by atoms with Crippen LogP contribution >= 0.6 is 11.8 Å². The van der Waals surface area contributed by atoms with Crippen LogP contribution in [0.1, 0.15) is 27.1 Å². The zero-order valence-electron chi connectivity index (χ0n) is 19.2. The number of nitrogens with one attached hydrogen (secondary N) is 1. The summed E-state index contributed by atoms with van der Waals surface area (Å²) in [6.07, 6.45) is 0.0343. The van der Waals surface area contributed by atoms with E-state index < -0.39 is 29.7 Å². The molecule has 0 radical (unpaired) electrons. The number of hydrogen-bond acceptors (Lipinski definition) is 8. The highest BCUT2D eigenvalue weighted by Gasteiger charge is 2.40. The van der Waals surface area contributed by atoms with Gasteiger partial charge in [-0.2, -0.15) is 0 Å². The topological polar surface area (TPSA) is 156 Å². The molecule has 1 saturated heterocycles. The van der Waals surface area contributed by atoms with Gasteiger partial charge in [-0.05, 0) is 60.7 Å². The van der Waals surface area contributed by atoms with Gasteiger partial charge in [0.05, 0.1) is 22.1 Å². The largest absolute Gasteiger partial charge is 0.478 e. The number of aromatic carboxylic acids is 1. The molecule has 0 aromatic heterocycles. The summed E-state index contributed by atoms with van der Waals surface area (Å²) in [6, 6.07) is 18.4. The average Bonchev–Trinajstić information content (AvgIpc) is 3.15. The SMILES string of the molecule is Nc1cccc(SC2CC(=O)N(c3ccc(C(=O)OCC(=O)Nc4cccc(C(=O)O)c4)cc3)C2=O)c1. The Hall–Kier alpha value is -4.64. The molecule has 11 heteroatoms. The number of carboxylic acid groups (broad SMARTS) is 1. The van der Waals surface area contributed by atoms with Gasteiger partial charge in [-0.3, -0.25) is 14.4 Å². The fourth-order valence-electron chi connectivity index (χ4n) is 3.61. The molecule has 188 valence electrons. The number of nitrogens with zero attached hydrogens (tertiary/aromatic N) is 1. The molecule has 1 aliphatic rings. The number of imide groups is 1. The van der Waals surface area contributed by atoms with Crippen molar-refractivity contribution in [3.8, 4) is 0 Å².